The Balaban J connectivity index is 0.000000479. The van der Waals surface area contributed by atoms with Crippen molar-refractivity contribution in [3.05, 3.63) is 60.2 Å². The van der Waals surface area contributed by atoms with Gasteiger partial charge < -0.3 is 25.8 Å². The number of amides is 2. The first-order chi connectivity index (χ1) is 17.5. The molecular weight excluding hydrogens is 489 g/mol. The molecule has 0 spiro atoms. The quantitative estimate of drug-likeness (QED) is 0.343. The third kappa shape index (κ3) is 8.26. The molecule has 1 aliphatic rings. The summed E-state index contributed by atoms with van der Waals surface area (Å²) in [5, 5.41) is 17.9. The fraction of sp³-hybridized carbons (Fsp3) is 0.346. The standard InChI is InChI=1S/C24H28N4O2.C2HF3O2/c1-16-14-23(28-22-9-4-3-8-21(16)22)25-17-10-12-18(13-11-17)26-24(29)27-19-6-5-7-20(15-19)30-2;3-2(4,5)1(6)7/h3-9,14-15,17-18H,10-13H2,1-2H3,(H,25,28)(H2,26,27,29);(H,6,7)/t17-,18+;. The average molecular weight is 519 g/mol. The number of rotatable bonds is 5. The van der Waals surface area contributed by atoms with Crippen LogP contribution in [0.15, 0.2) is 54.6 Å². The molecule has 1 heterocycles. The van der Waals surface area contributed by atoms with Gasteiger partial charge in [0, 0.05) is 29.2 Å². The van der Waals surface area contributed by atoms with Gasteiger partial charge in [-0.2, -0.15) is 13.2 Å². The molecule has 8 nitrogen and oxygen atoms in total. The number of carboxylic acid groups (broad SMARTS) is 1. The van der Waals surface area contributed by atoms with Crippen LogP contribution in [0.3, 0.4) is 0 Å². The first-order valence-electron chi connectivity index (χ1n) is 11.7. The monoisotopic (exact) mass is 518 g/mol. The number of anilines is 2. The van der Waals surface area contributed by atoms with Gasteiger partial charge in [0.05, 0.1) is 12.6 Å². The van der Waals surface area contributed by atoms with Gasteiger partial charge in [0.15, 0.2) is 0 Å². The van der Waals surface area contributed by atoms with Crippen molar-refractivity contribution in [2.45, 2.75) is 50.9 Å². The zero-order valence-electron chi connectivity index (χ0n) is 20.4. The summed E-state index contributed by atoms with van der Waals surface area (Å²) in [7, 11) is 1.61. The minimum atomic E-state index is -5.08. The van der Waals surface area contributed by atoms with E-state index in [0.717, 1.165) is 48.5 Å². The molecule has 0 bridgehead atoms. The van der Waals surface area contributed by atoms with Crippen LogP contribution in [0.5, 0.6) is 5.75 Å². The van der Waals surface area contributed by atoms with Gasteiger partial charge in [-0.15, -0.1) is 0 Å². The number of ether oxygens (including phenoxy) is 1. The number of carboxylic acids is 1. The van der Waals surface area contributed by atoms with E-state index in [2.05, 4.69) is 41.1 Å². The first kappa shape index (κ1) is 27.6. The maximum Gasteiger partial charge on any atom is 0.490 e. The van der Waals surface area contributed by atoms with E-state index < -0.39 is 12.1 Å². The molecule has 1 fully saturated rings. The summed E-state index contributed by atoms with van der Waals surface area (Å²) in [5.74, 6) is -1.11. The Morgan fingerprint density at radius 1 is 1.00 bits per heavy atom. The number of aromatic nitrogens is 1. The van der Waals surface area contributed by atoms with Crippen LogP contribution in [0.25, 0.3) is 10.9 Å². The fourth-order valence-corrected chi connectivity index (χ4v) is 4.07. The van der Waals surface area contributed by atoms with E-state index in [9.17, 15) is 18.0 Å². The number of alkyl halides is 3. The summed E-state index contributed by atoms with van der Waals surface area (Å²) in [5.41, 5.74) is 2.97. The van der Waals surface area contributed by atoms with Crippen LogP contribution in [-0.4, -0.2) is 47.5 Å². The number of benzene rings is 2. The Kier molecular flexibility index (Phi) is 9.15. The van der Waals surface area contributed by atoms with E-state index in [0.29, 0.717) is 6.04 Å². The maximum absolute atomic E-state index is 12.3. The summed E-state index contributed by atoms with van der Waals surface area (Å²) < 4.78 is 36.9. The van der Waals surface area contributed by atoms with Crippen LogP contribution in [0.1, 0.15) is 31.2 Å². The number of carbonyl (C=O) groups excluding carboxylic acids is 1. The summed E-state index contributed by atoms with van der Waals surface area (Å²) in [6.07, 6.45) is -1.21. The first-order valence-corrected chi connectivity index (χ1v) is 11.7. The number of aryl methyl sites for hydroxylation is 1. The third-order valence-corrected chi connectivity index (χ3v) is 5.91. The predicted octanol–water partition coefficient (Wildman–Crippen LogP) is 5.73. The van der Waals surface area contributed by atoms with Crippen LogP contribution in [0, 0.1) is 6.92 Å². The summed E-state index contributed by atoms with van der Waals surface area (Å²) in [4.78, 5) is 26.0. The number of hydrogen-bond donors (Lipinski definition) is 4. The fourth-order valence-electron chi connectivity index (χ4n) is 4.07. The normalized spacial score (nSPS) is 17.2. The van der Waals surface area contributed by atoms with Crippen LogP contribution >= 0.6 is 0 Å². The maximum atomic E-state index is 12.3. The number of aliphatic carboxylic acids is 1. The topological polar surface area (TPSA) is 113 Å². The van der Waals surface area contributed by atoms with Gasteiger partial charge in [0.2, 0.25) is 0 Å². The minimum absolute atomic E-state index is 0.175. The van der Waals surface area contributed by atoms with E-state index in [1.54, 1.807) is 13.2 Å². The van der Waals surface area contributed by atoms with E-state index in [-0.39, 0.29) is 12.1 Å². The molecule has 2 aromatic carbocycles. The van der Waals surface area contributed by atoms with Gasteiger partial charge in [-0.25, -0.2) is 14.6 Å². The summed E-state index contributed by atoms with van der Waals surface area (Å²) in [6, 6.07) is 18.1. The Bertz CT molecular complexity index is 1230. The zero-order chi connectivity index (χ0) is 27.0. The number of urea groups is 1. The lowest BCUT2D eigenvalue weighted by atomic mass is 9.91. The lowest BCUT2D eigenvalue weighted by Crippen LogP contribution is -2.42. The smallest absolute Gasteiger partial charge is 0.490 e. The van der Waals surface area contributed by atoms with E-state index in [1.165, 1.54) is 10.9 Å². The second-order valence-electron chi connectivity index (χ2n) is 8.67. The van der Waals surface area contributed by atoms with Crippen molar-refractivity contribution >= 4 is 34.4 Å². The number of fused-ring (bicyclic) bond motifs is 1. The molecule has 0 unspecified atom stereocenters. The molecule has 0 radical (unpaired) electrons. The van der Waals surface area contributed by atoms with Crippen molar-refractivity contribution < 1.29 is 32.6 Å². The van der Waals surface area contributed by atoms with Crippen LogP contribution in [0.2, 0.25) is 0 Å². The number of pyridine rings is 1. The number of hydrogen-bond acceptors (Lipinski definition) is 5. The predicted molar refractivity (Wildman–Crippen MR) is 135 cm³/mol. The lowest BCUT2D eigenvalue weighted by Gasteiger charge is -2.30. The third-order valence-electron chi connectivity index (χ3n) is 5.91. The van der Waals surface area contributed by atoms with Gasteiger partial charge in [-0.3, -0.25) is 0 Å². The molecule has 0 aliphatic heterocycles. The van der Waals surface area contributed by atoms with Crippen molar-refractivity contribution in [3.63, 3.8) is 0 Å². The minimum Gasteiger partial charge on any atom is -0.497 e. The summed E-state index contributed by atoms with van der Waals surface area (Å²) >= 11 is 0. The molecule has 4 rings (SSSR count). The number of carbonyl (C=O) groups is 2. The van der Waals surface area contributed by atoms with Crippen molar-refractivity contribution in [2.24, 2.45) is 0 Å². The Hall–Kier alpha value is -4.02. The molecule has 37 heavy (non-hydrogen) atoms. The molecule has 198 valence electrons. The van der Waals surface area contributed by atoms with Crippen molar-refractivity contribution in [2.75, 3.05) is 17.7 Å². The molecule has 0 atom stereocenters. The van der Waals surface area contributed by atoms with Gasteiger partial charge in [-0.05, 0) is 62.4 Å². The Morgan fingerprint density at radius 3 is 2.30 bits per heavy atom. The van der Waals surface area contributed by atoms with Crippen molar-refractivity contribution in [1.82, 2.24) is 10.3 Å². The number of para-hydroxylation sites is 1. The zero-order valence-corrected chi connectivity index (χ0v) is 20.4. The number of nitrogens with zero attached hydrogens (tertiary/aromatic N) is 1. The highest BCUT2D eigenvalue weighted by molar-refractivity contribution is 5.89. The molecular formula is C26H29F3N4O4. The highest BCUT2D eigenvalue weighted by Crippen LogP contribution is 2.25. The highest BCUT2D eigenvalue weighted by atomic mass is 19.4. The lowest BCUT2D eigenvalue weighted by molar-refractivity contribution is -0.192. The second kappa shape index (κ2) is 12.3. The van der Waals surface area contributed by atoms with Crippen LogP contribution in [-0.2, 0) is 4.79 Å². The van der Waals surface area contributed by atoms with Crippen LogP contribution < -0.4 is 20.7 Å². The van der Waals surface area contributed by atoms with Gasteiger partial charge in [-0.1, -0.05) is 24.3 Å². The van der Waals surface area contributed by atoms with E-state index in [1.807, 2.05) is 30.3 Å². The molecule has 1 aromatic heterocycles. The van der Waals surface area contributed by atoms with Gasteiger partial charge >= 0.3 is 18.2 Å². The summed E-state index contributed by atoms with van der Waals surface area (Å²) in [6.45, 7) is 2.12. The molecule has 3 aromatic rings. The number of nitrogens with one attached hydrogen (secondary N) is 3. The number of methoxy groups -OCH3 is 1. The molecule has 1 aliphatic carbocycles. The SMILES string of the molecule is COc1cccc(NC(=O)N[C@H]2CC[C@@H](Nc3cc(C)c4ccccc4n3)CC2)c1.O=C(O)C(F)(F)F. The van der Waals surface area contributed by atoms with Crippen molar-refractivity contribution in [1.29, 1.82) is 0 Å². The Morgan fingerprint density at radius 2 is 1.65 bits per heavy atom. The van der Waals surface area contributed by atoms with E-state index >= 15 is 0 Å². The molecule has 4 N–H and O–H groups in total. The van der Waals surface area contributed by atoms with Gasteiger partial charge in [0.25, 0.3) is 0 Å². The average Bonchev–Trinajstić information content (AvgIpc) is 2.85. The Labute approximate surface area is 212 Å². The molecule has 11 heteroatoms. The number of halogens is 3. The van der Waals surface area contributed by atoms with E-state index in [4.69, 9.17) is 19.6 Å². The largest absolute Gasteiger partial charge is 0.497 e. The second-order valence-corrected chi connectivity index (χ2v) is 8.67. The molecule has 2 amide bonds. The molecule has 0 saturated heterocycles. The van der Waals surface area contributed by atoms with Crippen molar-refractivity contribution in [3.8, 4) is 5.75 Å². The van der Waals surface area contributed by atoms with Gasteiger partial charge in [0.1, 0.15) is 11.6 Å². The highest BCUT2D eigenvalue weighted by Gasteiger charge is 2.38. The van der Waals surface area contributed by atoms with Crippen LogP contribution in [0.4, 0.5) is 29.5 Å². The molecule has 1 saturated carbocycles.